The highest BCUT2D eigenvalue weighted by molar-refractivity contribution is 5.95. The van der Waals surface area contributed by atoms with Gasteiger partial charge in [-0.15, -0.1) is 0 Å². The van der Waals surface area contributed by atoms with Crippen molar-refractivity contribution in [2.45, 2.75) is 19.1 Å². The number of hydrogen-bond donors (Lipinski definition) is 4. The molecular weight excluding hydrogens is 386 g/mol. The number of nitrogens with one attached hydrogen (secondary N) is 3. The molecule has 4 N–H and O–H groups in total. The zero-order valence-electron chi connectivity index (χ0n) is 16.5. The van der Waals surface area contributed by atoms with Crippen LogP contribution in [-0.2, 0) is 27.4 Å². The summed E-state index contributed by atoms with van der Waals surface area (Å²) in [5.74, 6) is -0.937. The summed E-state index contributed by atoms with van der Waals surface area (Å²) in [6.45, 7) is 3.13. The summed E-state index contributed by atoms with van der Waals surface area (Å²) in [6, 6.07) is 14.9. The molecule has 0 saturated heterocycles. The Labute approximate surface area is 174 Å². The molecule has 158 valence electrons. The number of amides is 3. The van der Waals surface area contributed by atoms with Crippen LogP contribution in [0.3, 0.4) is 0 Å². The maximum atomic E-state index is 12.6. The van der Waals surface area contributed by atoms with E-state index in [0.717, 1.165) is 11.1 Å². The van der Waals surface area contributed by atoms with E-state index in [2.05, 4.69) is 22.5 Å². The minimum Gasteiger partial charge on any atom is -0.445 e. The van der Waals surface area contributed by atoms with Crippen LogP contribution in [0.15, 0.2) is 67.3 Å². The third-order valence-electron chi connectivity index (χ3n) is 4.07. The zero-order chi connectivity index (χ0) is 21.8. The van der Waals surface area contributed by atoms with E-state index in [-0.39, 0.29) is 26.2 Å². The molecule has 3 amide bonds. The number of carbonyl (C=O) groups excluding carboxylic acids is 3. The van der Waals surface area contributed by atoms with Gasteiger partial charge in [0.2, 0.25) is 11.8 Å². The molecule has 8 nitrogen and oxygen atoms in total. The predicted molar refractivity (Wildman–Crippen MR) is 113 cm³/mol. The van der Waals surface area contributed by atoms with Gasteiger partial charge in [-0.05, 0) is 23.3 Å². The van der Waals surface area contributed by atoms with Crippen molar-refractivity contribution < 1.29 is 24.2 Å². The summed E-state index contributed by atoms with van der Waals surface area (Å²) < 4.78 is 4.89. The van der Waals surface area contributed by atoms with E-state index in [1.807, 2.05) is 30.3 Å². The van der Waals surface area contributed by atoms with Crippen LogP contribution in [0.2, 0.25) is 0 Å². The topological polar surface area (TPSA) is 117 Å². The van der Waals surface area contributed by atoms with Gasteiger partial charge < -0.3 is 25.8 Å². The van der Waals surface area contributed by atoms with Crippen molar-refractivity contribution in [2.75, 3.05) is 18.5 Å². The molecular formula is C22H25N3O5. The number of anilines is 1. The number of rotatable bonds is 10. The lowest BCUT2D eigenvalue weighted by Gasteiger charge is -2.18. The molecule has 0 aliphatic rings. The number of ether oxygens (including phenoxy) is 1. The van der Waals surface area contributed by atoms with Crippen LogP contribution in [0.1, 0.15) is 11.1 Å². The Morgan fingerprint density at radius 3 is 2.37 bits per heavy atom. The summed E-state index contributed by atoms with van der Waals surface area (Å²) in [5, 5.41) is 16.7. The van der Waals surface area contributed by atoms with Crippen molar-refractivity contribution >= 4 is 23.6 Å². The maximum absolute atomic E-state index is 12.6. The van der Waals surface area contributed by atoms with Gasteiger partial charge in [-0.1, -0.05) is 55.1 Å². The van der Waals surface area contributed by atoms with Crippen LogP contribution in [-0.4, -0.2) is 42.2 Å². The quantitative estimate of drug-likeness (QED) is 0.445. The Bertz CT molecular complexity index is 853. The molecule has 0 fully saturated rings. The van der Waals surface area contributed by atoms with E-state index < -0.39 is 23.9 Å². The monoisotopic (exact) mass is 411 g/mol. The third-order valence-corrected chi connectivity index (χ3v) is 4.07. The molecule has 30 heavy (non-hydrogen) atoms. The van der Waals surface area contributed by atoms with E-state index in [1.54, 1.807) is 24.3 Å². The molecule has 1 atom stereocenters. The first-order chi connectivity index (χ1) is 14.5. The molecule has 0 spiro atoms. The second kappa shape index (κ2) is 12.0. The lowest BCUT2D eigenvalue weighted by Crippen LogP contribution is -2.49. The molecule has 8 heteroatoms. The molecule has 0 aromatic heterocycles. The molecule has 0 aliphatic carbocycles. The van der Waals surface area contributed by atoms with E-state index >= 15 is 0 Å². The van der Waals surface area contributed by atoms with Crippen LogP contribution in [0.25, 0.3) is 0 Å². The number of aliphatic hydroxyl groups excluding tert-OH is 1. The fourth-order valence-electron chi connectivity index (χ4n) is 2.57. The van der Waals surface area contributed by atoms with Gasteiger partial charge in [-0.3, -0.25) is 9.59 Å². The van der Waals surface area contributed by atoms with Gasteiger partial charge in [0.15, 0.2) is 0 Å². The van der Waals surface area contributed by atoms with Crippen molar-refractivity contribution in [1.82, 2.24) is 10.6 Å². The first-order valence-corrected chi connectivity index (χ1v) is 9.37. The minimum absolute atomic E-state index is 0.0169. The van der Waals surface area contributed by atoms with Crippen LogP contribution in [0.4, 0.5) is 10.5 Å². The van der Waals surface area contributed by atoms with Gasteiger partial charge in [-0.2, -0.15) is 0 Å². The van der Waals surface area contributed by atoms with Gasteiger partial charge in [0.1, 0.15) is 12.6 Å². The van der Waals surface area contributed by atoms with Gasteiger partial charge >= 0.3 is 6.09 Å². The van der Waals surface area contributed by atoms with Crippen molar-refractivity contribution in [2.24, 2.45) is 0 Å². The van der Waals surface area contributed by atoms with Gasteiger partial charge in [0.05, 0.1) is 13.2 Å². The van der Waals surface area contributed by atoms with E-state index in [9.17, 15) is 14.4 Å². The predicted octanol–water partition coefficient (Wildman–Crippen LogP) is 1.76. The molecule has 2 aromatic rings. The SMILES string of the molecule is C=CCOC(=O)N[C@@H](Cc1ccccc1)C(=O)NCC(=O)Nc1ccc(CO)cc1. The van der Waals surface area contributed by atoms with Gasteiger partial charge in [0, 0.05) is 12.1 Å². The van der Waals surface area contributed by atoms with Crippen LogP contribution < -0.4 is 16.0 Å². The maximum Gasteiger partial charge on any atom is 0.408 e. The summed E-state index contributed by atoms with van der Waals surface area (Å²) in [5.41, 5.74) is 2.10. The number of hydrogen-bond acceptors (Lipinski definition) is 5. The summed E-state index contributed by atoms with van der Waals surface area (Å²) in [7, 11) is 0. The van der Waals surface area contributed by atoms with Crippen molar-refractivity contribution in [3.05, 3.63) is 78.4 Å². The fourth-order valence-corrected chi connectivity index (χ4v) is 2.57. The molecule has 0 aliphatic heterocycles. The summed E-state index contributed by atoms with van der Waals surface area (Å²) in [6.07, 6.45) is 0.906. The lowest BCUT2D eigenvalue weighted by molar-refractivity contribution is -0.125. The smallest absolute Gasteiger partial charge is 0.408 e. The summed E-state index contributed by atoms with van der Waals surface area (Å²) >= 11 is 0. The van der Waals surface area contributed by atoms with Crippen LogP contribution >= 0.6 is 0 Å². The molecule has 0 unspecified atom stereocenters. The van der Waals surface area contributed by atoms with Crippen molar-refractivity contribution in [1.29, 1.82) is 0 Å². The molecule has 2 rings (SSSR count). The number of benzene rings is 2. The molecule has 0 saturated carbocycles. The van der Waals surface area contributed by atoms with E-state index in [1.165, 1.54) is 6.08 Å². The first-order valence-electron chi connectivity index (χ1n) is 9.37. The van der Waals surface area contributed by atoms with Crippen LogP contribution in [0.5, 0.6) is 0 Å². The average molecular weight is 411 g/mol. The fraction of sp³-hybridized carbons (Fsp3) is 0.227. The lowest BCUT2D eigenvalue weighted by atomic mass is 10.1. The number of aliphatic hydroxyl groups is 1. The second-order valence-electron chi connectivity index (χ2n) is 6.39. The Hall–Kier alpha value is -3.65. The second-order valence-corrected chi connectivity index (χ2v) is 6.39. The van der Waals surface area contributed by atoms with E-state index in [4.69, 9.17) is 9.84 Å². The van der Waals surface area contributed by atoms with Gasteiger partial charge in [0.25, 0.3) is 0 Å². The largest absolute Gasteiger partial charge is 0.445 e. The first kappa shape index (κ1) is 22.6. The Balaban J connectivity index is 1.93. The third kappa shape index (κ3) is 7.76. The molecule has 0 bridgehead atoms. The highest BCUT2D eigenvalue weighted by atomic mass is 16.5. The Morgan fingerprint density at radius 2 is 1.73 bits per heavy atom. The van der Waals surface area contributed by atoms with Crippen LogP contribution in [0, 0.1) is 0 Å². The van der Waals surface area contributed by atoms with Gasteiger partial charge in [-0.25, -0.2) is 4.79 Å². The van der Waals surface area contributed by atoms with E-state index in [0.29, 0.717) is 5.69 Å². The molecule has 2 aromatic carbocycles. The summed E-state index contributed by atoms with van der Waals surface area (Å²) in [4.78, 5) is 36.6. The zero-order valence-corrected chi connectivity index (χ0v) is 16.5. The Kier molecular flexibility index (Phi) is 9.08. The highest BCUT2D eigenvalue weighted by Crippen LogP contribution is 2.09. The number of carbonyl (C=O) groups is 3. The standard InChI is InChI=1S/C22H25N3O5/c1-2-12-30-22(29)25-19(13-16-6-4-3-5-7-16)21(28)23-14-20(27)24-18-10-8-17(15-26)9-11-18/h2-11,19,26H,1,12-15H2,(H,23,28)(H,24,27)(H,25,29)/t19-/m0/s1. The van der Waals surface area contributed by atoms with Crippen molar-refractivity contribution in [3.8, 4) is 0 Å². The average Bonchev–Trinajstić information content (AvgIpc) is 2.77. The Morgan fingerprint density at radius 1 is 1.03 bits per heavy atom. The highest BCUT2D eigenvalue weighted by Gasteiger charge is 2.22. The normalized spacial score (nSPS) is 11.1. The minimum atomic E-state index is -0.915. The molecule has 0 radical (unpaired) electrons. The molecule has 0 heterocycles. The number of alkyl carbamates (subject to hydrolysis) is 1. The van der Waals surface area contributed by atoms with Crippen molar-refractivity contribution in [3.63, 3.8) is 0 Å².